The van der Waals surface area contributed by atoms with Crippen molar-refractivity contribution in [3.05, 3.63) is 23.8 Å². The van der Waals surface area contributed by atoms with E-state index in [0.717, 1.165) is 0 Å². The van der Waals surface area contributed by atoms with Crippen molar-refractivity contribution in [2.24, 2.45) is 4.99 Å². The molecular formula is C16H22N2O6. The number of aliphatic carboxylic acids is 1. The van der Waals surface area contributed by atoms with E-state index in [-0.39, 0.29) is 24.7 Å². The molecule has 24 heavy (non-hydrogen) atoms. The van der Waals surface area contributed by atoms with Gasteiger partial charge in [-0.05, 0) is 19.1 Å². The standard InChI is InChI=1S/C16H22N2O6/c1-16(15(20)21)10-17-14(18-16)11-4-3-5-12(13(11)19)24-9-8-23-7-6-22-2/h3-5,19H,6-10H2,1-2H3,(H,17,18)(H,20,21). The molecule has 1 aromatic rings. The lowest BCUT2D eigenvalue weighted by atomic mass is 10.1. The Morgan fingerprint density at radius 1 is 1.33 bits per heavy atom. The summed E-state index contributed by atoms with van der Waals surface area (Å²) in [4.78, 5) is 15.4. The molecule has 1 aliphatic heterocycles. The van der Waals surface area contributed by atoms with Gasteiger partial charge in [0, 0.05) is 7.11 Å². The molecule has 0 bridgehead atoms. The van der Waals surface area contributed by atoms with E-state index < -0.39 is 11.5 Å². The molecule has 2 rings (SSSR count). The van der Waals surface area contributed by atoms with Crippen LogP contribution in [0, 0.1) is 0 Å². The zero-order chi connectivity index (χ0) is 17.6. The Labute approximate surface area is 140 Å². The molecule has 1 aromatic carbocycles. The van der Waals surface area contributed by atoms with Gasteiger partial charge in [-0.1, -0.05) is 6.07 Å². The quantitative estimate of drug-likeness (QED) is 0.566. The molecule has 0 radical (unpaired) electrons. The van der Waals surface area contributed by atoms with Gasteiger partial charge in [0.05, 0.1) is 31.9 Å². The monoisotopic (exact) mass is 338 g/mol. The Bertz CT molecular complexity index is 619. The highest BCUT2D eigenvalue weighted by atomic mass is 16.5. The number of ether oxygens (including phenoxy) is 3. The third-order valence-corrected chi connectivity index (χ3v) is 3.59. The van der Waals surface area contributed by atoms with Gasteiger partial charge in [-0.3, -0.25) is 0 Å². The Morgan fingerprint density at radius 2 is 2.08 bits per heavy atom. The third kappa shape index (κ3) is 4.15. The number of carboxylic acid groups (broad SMARTS) is 1. The maximum atomic E-state index is 11.2. The van der Waals surface area contributed by atoms with Gasteiger partial charge >= 0.3 is 5.97 Å². The minimum atomic E-state index is -1.24. The second-order valence-electron chi connectivity index (χ2n) is 5.50. The fourth-order valence-electron chi connectivity index (χ4n) is 2.15. The second kappa shape index (κ2) is 7.98. The first-order valence-corrected chi connectivity index (χ1v) is 7.57. The number of phenolic OH excluding ortho intramolecular Hbond substituents is 1. The van der Waals surface area contributed by atoms with Crippen LogP contribution >= 0.6 is 0 Å². The van der Waals surface area contributed by atoms with Gasteiger partial charge in [0.15, 0.2) is 17.0 Å². The normalized spacial score (nSPS) is 19.7. The van der Waals surface area contributed by atoms with E-state index in [9.17, 15) is 15.0 Å². The number of carbonyl (C=O) groups is 1. The van der Waals surface area contributed by atoms with Gasteiger partial charge in [-0.25, -0.2) is 9.79 Å². The van der Waals surface area contributed by atoms with Crippen LogP contribution in [0.5, 0.6) is 11.5 Å². The van der Waals surface area contributed by atoms with Gasteiger partial charge in [-0.2, -0.15) is 0 Å². The summed E-state index contributed by atoms with van der Waals surface area (Å²) in [6.45, 7) is 3.30. The number of nitrogens with zero attached hydrogens (tertiary/aromatic N) is 1. The van der Waals surface area contributed by atoms with Crippen LogP contribution in [0.15, 0.2) is 23.2 Å². The number of hydrogen-bond donors (Lipinski definition) is 3. The first kappa shape index (κ1) is 18.0. The number of para-hydroxylation sites is 1. The Balaban J connectivity index is 2.02. The number of rotatable bonds is 9. The van der Waals surface area contributed by atoms with Crippen LogP contribution in [-0.2, 0) is 14.3 Å². The summed E-state index contributed by atoms with van der Waals surface area (Å²) in [5, 5.41) is 22.5. The van der Waals surface area contributed by atoms with Gasteiger partial charge in [0.2, 0.25) is 0 Å². The average molecular weight is 338 g/mol. The lowest BCUT2D eigenvalue weighted by molar-refractivity contribution is -0.141. The number of aromatic hydroxyl groups is 1. The summed E-state index contributed by atoms with van der Waals surface area (Å²) in [5.41, 5.74) is -0.842. The van der Waals surface area contributed by atoms with Crippen LogP contribution in [0.3, 0.4) is 0 Å². The first-order valence-electron chi connectivity index (χ1n) is 7.57. The van der Waals surface area contributed by atoms with Crippen LogP contribution in [0.2, 0.25) is 0 Å². The maximum Gasteiger partial charge on any atom is 0.333 e. The number of methoxy groups -OCH3 is 1. The van der Waals surface area contributed by atoms with E-state index in [1.54, 1.807) is 25.3 Å². The van der Waals surface area contributed by atoms with Crippen molar-refractivity contribution in [1.82, 2.24) is 5.32 Å². The highest BCUT2D eigenvalue weighted by Gasteiger charge is 2.38. The molecule has 8 nitrogen and oxygen atoms in total. The number of aliphatic imine (C=N–C) groups is 1. The van der Waals surface area contributed by atoms with Gasteiger partial charge in [-0.15, -0.1) is 0 Å². The SMILES string of the molecule is COCCOCCOc1cccc(C2=NC(C)(C(=O)O)CN2)c1O. The topological polar surface area (TPSA) is 110 Å². The second-order valence-corrected chi connectivity index (χ2v) is 5.50. The van der Waals surface area contributed by atoms with Crippen molar-refractivity contribution in [1.29, 1.82) is 0 Å². The molecule has 1 unspecified atom stereocenters. The zero-order valence-corrected chi connectivity index (χ0v) is 13.7. The van der Waals surface area contributed by atoms with E-state index >= 15 is 0 Å². The van der Waals surface area contributed by atoms with Crippen LogP contribution in [0.25, 0.3) is 0 Å². The summed E-state index contributed by atoms with van der Waals surface area (Å²) < 4.78 is 15.7. The number of benzene rings is 1. The van der Waals surface area contributed by atoms with Crippen LogP contribution < -0.4 is 10.1 Å². The minimum absolute atomic E-state index is 0.0877. The highest BCUT2D eigenvalue weighted by molar-refractivity contribution is 6.05. The molecule has 132 valence electrons. The number of phenols is 1. The smallest absolute Gasteiger partial charge is 0.333 e. The Morgan fingerprint density at radius 3 is 2.75 bits per heavy atom. The molecular weight excluding hydrogens is 316 g/mol. The molecule has 8 heteroatoms. The van der Waals surface area contributed by atoms with Crippen molar-refractivity contribution >= 4 is 11.8 Å². The van der Waals surface area contributed by atoms with Crippen LogP contribution in [-0.4, -0.2) is 67.6 Å². The van der Waals surface area contributed by atoms with Crippen molar-refractivity contribution in [2.45, 2.75) is 12.5 Å². The molecule has 1 heterocycles. The van der Waals surface area contributed by atoms with Crippen molar-refractivity contribution < 1.29 is 29.2 Å². The third-order valence-electron chi connectivity index (χ3n) is 3.59. The molecule has 0 spiro atoms. The molecule has 3 N–H and O–H groups in total. The predicted molar refractivity (Wildman–Crippen MR) is 86.9 cm³/mol. The minimum Gasteiger partial charge on any atom is -0.504 e. The summed E-state index contributed by atoms with van der Waals surface area (Å²) in [7, 11) is 1.60. The van der Waals surface area contributed by atoms with E-state index in [4.69, 9.17) is 14.2 Å². The molecule has 0 aliphatic carbocycles. The average Bonchev–Trinajstić information content (AvgIpc) is 2.96. The van der Waals surface area contributed by atoms with E-state index in [1.807, 2.05) is 0 Å². The predicted octanol–water partition coefficient (Wildman–Crippen LogP) is 0.627. The van der Waals surface area contributed by atoms with Gasteiger partial charge < -0.3 is 29.7 Å². The molecule has 0 saturated carbocycles. The van der Waals surface area contributed by atoms with Gasteiger partial charge in [0.1, 0.15) is 12.4 Å². The summed E-state index contributed by atoms with van der Waals surface area (Å²) in [6, 6.07) is 4.98. The number of carboxylic acids is 1. The number of hydrogen-bond acceptors (Lipinski definition) is 7. The summed E-state index contributed by atoms with van der Waals surface area (Å²) >= 11 is 0. The highest BCUT2D eigenvalue weighted by Crippen LogP contribution is 2.31. The molecule has 0 fully saturated rings. The molecule has 0 amide bonds. The molecule has 0 aromatic heterocycles. The Hall–Kier alpha value is -2.32. The fraction of sp³-hybridized carbons (Fsp3) is 0.500. The number of amidine groups is 1. The first-order chi connectivity index (χ1) is 11.5. The van der Waals surface area contributed by atoms with Gasteiger partial charge in [0.25, 0.3) is 0 Å². The Kier molecular flexibility index (Phi) is 5.99. The summed E-state index contributed by atoms with van der Waals surface area (Å²) in [5.74, 6) is -0.490. The summed E-state index contributed by atoms with van der Waals surface area (Å²) in [6.07, 6.45) is 0. The van der Waals surface area contributed by atoms with E-state index in [0.29, 0.717) is 31.2 Å². The zero-order valence-electron chi connectivity index (χ0n) is 13.7. The maximum absolute atomic E-state index is 11.2. The molecule has 0 saturated heterocycles. The molecule has 1 atom stereocenters. The lowest BCUT2D eigenvalue weighted by Gasteiger charge is -2.12. The van der Waals surface area contributed by atoms with E-state index in [2.05, 4.69) is 10.3 Å². The number of nitrogens with one attached hydrogen (secondary N) is 1. The van der Waals surface area contributed by atoms with Crippen LogP contribution in [0.4, 0.5) is 0 Å². The lowest BCUT2D eigenvalue weighted by Crippen LogP contribution is -2.37. The van der Waals surface area contributed by atoms with Crippen molar-refractivity contribution in [2.75, 3.05) is 40.1 Å². The van der Waals surface area contributed by atoms with Crippen molar-refractivity contribution in [3.8, 4) is 11.5 Å². The molecule has 1 aliphatic rings. The largest absolute Gasteiger partial charge is 0.504 e. The fourth-order valence-corrected chi connectivity index (χ4v) is 2.15. The van der Waals surface area contributed by atoms with E-state index in [1.165, 1.54) is 6.92 Å². The van der Waals surface area contributed by atoms with Crippen LogP contribution in [0.1, 0.15) is 12.5 Å². The van der Waals surface area contributed by atoms with Crippen molar-refractivity contribution in [3.63, 3.8) is 0 Å².